The average Bonchev–Trinajstić information content (AvgIpc) is 3.02. The minimum atomic E-state index is -0.504. The van der Waals surface area contributed by atoms with Crippen molar-refractivity contribution in [3.05, 3.63) is 74.8 Å². The Morgan fingerprint density at radius 2 is 2.04 bits per heavy atom. The lowest BCUT2D eigenvalue weighted by atomic mass is 10.1. The summed E-state index contributed by atoms with van der Waals surface area (Å²) in [5, 5.41) is 0. The van der Waals surface area contributed by atoms with Gasteiger partial charge in [0, 0.05) is 10.0 Å². The van der Waals surface area contributed by atoms with Crippen molar-refractivity contribution in [2.75, 3.05) is 13.2 Å². The van der Waals surface area contributed by atoms with E-state index in [2.05, 4.69) is 43.4 Å². The second-order valence-corrected chi connectivity index (χ2v) is 7.48. The SMILES string of the molecule is C=CCOc1c(Br)cc(/C=C2\N=C(c3cccc(Br)c3)OC2=O)cc1OCC. The molecule has 0 aromatic heterocycles. The summed E-state index contributed by atoms with van der Waals surface area (Å²) in [6, 6.07) is 11.0. The highest BCUT2D eigenvalue weighted by Crippen LogP contribution is 2.38. The summed E-state index contributed by atoms with van der Waals surface area (Å²) in [6.07, 6.45) is 3.31. The molecule has 0 N–H and O–H groups in total. The Balaban J connectivity index is 1.95. The molecule has 0 atom stereocenters. The number of rotatable bonds is 7. The number of esters is 1. The summed E-state index contributed by atoms with van der Waals surface area (Å²) in [5.74, 6) is 0.910. The molecular weight excluding hydrogens is 490 g/mol. The molecule has 0 amide bonds. The molecule has 2 aromatic rings. The molecule has 0 saturated carbocycles. The quantitative estimate of drug-likeness (QED) is 0.282. The molecular formula is C21H17Br2NO4. The molecule has 0 spiro atoms. The zero-order chi connectivity index (χ0) is 20.1. The lowest BCUT2D eigenvalue weighted by Crippen LogP contribution is -2.05. The second kappa shape index (κ2) is 9.21. The number of halogens is 2. The minimum Gasteiger partial charge on any atom is -0.490 e. The first kappa shape index (κ1) is 20.4. The molecule has 0 aliphatic carbocycles. The van der Waals surface area contributed by atoms with Crippen LogP contribution in [0.3, 0.4) is 0 Å². The molecule has 3 rings (SSSR count). The van der Waals surface area contributed by atoms with E-state index >= 15 is 0 Å². The molecule has 1 aliphatic rings. The van der Waals surface area contributed by atoms with Crippen LogP contribution in [-0.4, -0.2) is 25.1 Å². The summed E-state index contributed by atoms with van der Waals surface area (Å²) in [4.78, 5) is 16.6. The van der Waals surface area contributed by atoms with Gasteiger partial charge in [-0.1, -0.05) is 34.7 Å². The predicted octanol–water partition coefficient (Wildman–Crippen LogP) is 5.52. The Morgan fingerprint density at radius 1 is 1.21 bits per heavy atom. The standard InChI is InChI=1S/C21H17Br2NO4/c1-3-8-27-19-16(23)9-13(11-18(19)26-4-2)10-17-21(25)28-20(24-17)14-6-5-7-15(22)12-14/h3,5-7,9-12H,1,4,8H2,2H3/b17-10-. The van der Waals surface area contributed by atoms with Crippen LogP contribution < -0.4 is 9.47 Å². The van der Waals surface area contributed by atoms with Crippen molar-refractivity contribution in [3.63, 3.8) is 0 Å². The zero-order valence-electron chi connectivity index (χ0n) is 15.1. The number of benzene rings is 2. The molecule has 1 heterocycles. The van der Waals surface area contributed by atoms with E-state index < -0.39 is 5.97 Å². The fourth-order valence-electron chi connectivity index (χ4n) is 2.53. The molecule has 7 heteroatoms. The number of carbonyl (C=O) groups is 1. The van der Waals surface area contributed by atoms with Crippen molar-refractivity contribution in [3.8, 4) is 11.5 Å². The van der Waals surface area contributed by atoms with Crippen LogP contribution in [0.25, 0.3) is 6.08 Å². The van der Waals surface area contributed by atoms with Crippen molar-refractivity contribution in [1.82, 2.24) is 0 Å². The van der Waals surface area contributed by atoms with Crippen molar-refractivity contribution < 1.29 is 19.0 Å². The first-order valence-electron chi connectivity index (χ1n) is 8.50. The molecule has 1 aliphatic heterocycles. The van der Waals surface area contributed by atoms with Gasteiger partial charge in [0.05, 0.1) is 11.1 Å². The number of carbonyl (C=O) groups excluding carboxylic acids is 1. The Bertz CT molecular complexity index is 982. The third-order valence-corrected chi connectivity index (χ3v) is 4.75. The number of hydrogen-bond acceptors (Lipinski definition) is 5. The summed E-state index contributed by atoms with van der Waals surface area (Å²) in [6.45, 7) is 6.37. The van der Waals surface area contributed by atoms with Gasteiger partial charge in [0.1, 0.15) is 6.61 Å². The highest BCUT2D eigenvalue weighted by Gasteiger charge is 2.24. The van der Waals surface area contributed by atoms with Gasteiger partial charge >= 0.3 is 5.97 Å². The van der Waals surface area contributed by atoms with Crippen LogP contribution in [0.1, 0.15) is 18.1 Å². The number of hydrogen-bond donors (Lipinski definition) is 0. The third kappa shape index (κ3) is 4.72. The van der Waals surface area contributed by atoms with Crippen molar-refractivity contribution in [2.24, 2.45) is 4.99 Å². The smallest absolute Gasteiger partial charge is 0.363 e. The highest BCUT2D eigenvalue weighted by molar-refractivity contribution is 9.10. The van der Waals surface area contributed by atoms with E-state index in [0.29, 0.717) is 29.2 Å². The lowest BCUT2D eigenvalue weighted by molar-refractivity contribution is -0.129. The lowest BCUT2D eigenvalue weighted by Gasteiger charge is -2.13. The molecule has 0 radical (unpaired) electrons. The van der Waals surface area contributed by atoms with Crippen LogP contribution in [-0.2, 0) is 9.53 Å². The van der Waals surface area contributed by atoms with Crippen LogP contribution in [0, 0.1) is 0 Å². The fraction of sp³-hybridized carbons (Fsp3) is 0.143. The van der Waals surface area contributed by atoms with Crippen LogP contribution in [0.2, 0.25) is 0 Å². The largest absolute Gasteiger partial charge is 0.490 e. The van der Waals surface area contributed by atoms with Gasteiger partial charge in [0.2, 0.25) is 5.90 Å². The van der Waals surface area contributed by atoms with Gasteiger partial charge < -0.3 is 14.2 Å². The van der Waals surface area contributed by atoms with Gasteiger partial charge in [0.15, 0.2) is 17.2 Å². The van der Waals surface area contributed by atoms with Crippen molar-refractivity contribution >= 4 is 49.8 Å². The second-order valence-electron chi connectivity index (χ2n) is 5.71. The Kier molecular flexibility index (Phi) is 6.70. The topological polar surface area (TPSA) is 57.1 Å². The highest BCUT2D eigenvalue weighted by atomic mass is 79.9. The monoisotopic (exact) mass is 505 g/mol. The van der Waals surface area contributed by atoms with Crippen LogP contribution in [0.5, 0.6) is 11.5 Å². The molecule has 5 nitrogen and oxygen atoms in total. The number of aliphatic imine (C=N–C) groups is 1. The van der Waals surface area contributed by atoms with Gasteiger partial charge in [0.25, 0.3) is 0 Å². The van der Waals surface area contributed by atoms with Crippen molar-refractivity contribution in [1.29, 1.82) is 0 Å². The number of cyclic esters (lactones) is 1. The first-order valence-corrected chi connectivity index (χ1v) is 10.1. The molecule has 0 bridgehead atoms. The Morgan fingerprint density at radius 3 is 2.75 bits per heavy atom. The normalized spacial score (nSPS) is 14.6. The maximum Gasteiger partial charge on any atom is 0.363 e. The van der Waals surface area contributed by atoms with Crippen LogP contribution >= 0.6 is 31.9 Å². The Hall–Kier alpha value is -2.38. The Labute approximate surface area is 180 Å². The fourth-order valence-corrected chi connectivity index (χ4v) is 3.50. The number of ether oxygens (including phenoxy) is 3. The molecule has 0 saturated heterocycles. The summed E-state index contributed by atoms with van der Waals surface area (Å²) >= 11 is 6.89. The van der Waals surface area contributed by atoms with E-state index in [-0.39, 0.29) is 11.6 Å². The molecule has 2 aromatic carbocycles. The van der Waals surface area contributed by atoms with E-state index in [1.165, 1.54) is 0 Å². The number of nitrogens with zero attached hydrogens (tertiary/aromatic N) is 1. The summed E-state index contributed by atoms with van der Waals surface area (Å²) in [7, 11) is 0. The van der Waals surface area contributed by atoms with Crippen LogP contribution in [0.4, 0.5) is 0 Å². The van der Waals surface area contributed by atoms with Crippen molar-refractivity contribution in [2.45, 2.75) is 6.92 Å². The molecule has 28 heavy (non-hydrogen) atoms. The summed E-state index contributed by atoms with van der Waals surface area (Å²) in [5.41, 5.74) is 1.66. The van der Waals surface area contributed by atoms with Gasteiger partial charge in [-0.3, -0.25) is 0 Å². The van der Waals surface area contributed by atoms with Gasteiger partial charge in [-0.05, 0) is 64.8 Å². The summed E-state index contributed by atoms with van der Waals surface area (Å²) < 4.78 is 18.2. The van der Waals surface area contributed by atoms with E-state index in [1.54, 1.807) is 18.2 Å². The molecule has 0 unspecified atom stereocenters. The van der Waals surface area contributed by atoms with E-state index in [1.807, 2.05) is 37.3 Å². The predicted molar refractivity (Wildman–Crippen MR) is 116 cm³/mol. The van der Waals surface area contributed by atoms with E-state index in [0.717, 1.165) is 15.6 Å². The molecule has 144 valence electrons. The maximum atomic E-state index is 12.3. The average molecular weight is 507 g/mol. The third-order valence-electron chi connectivity index (χ3n) is 3.67. The van der Waals surface area contributed by atoms with Crippen LogP contribution in [0.15, 0.2) is 68.7 Å². The van der Waals surface area contributed by atoms with Gasteiger partial charge in [-0.25, -0.2) is 9.79 Å². The zero-order valence-corrected chi connectivity index (χ0v) is 18.2. The maximum absolute atomic E-state index is 12.3. The van der Waals surface area contributed by atoms with Gasteiger partial charge in [-0.15, -0.1) is 0 Å². The van der Waals surface area contributed by atoms with E-state index in [9.17, 15) is 4.79 Å². The van der Waals surface area contributed by atoms with Gasteiger partial charge in [-0.2, -0.15) is 0 Å². The first-order chi connectivity index (χ1) is 13.5. The van der Waals surface area contributed by atoms with E-state index in [4.69, 9.17) is 14.2 Å². The minimum absolute atomic E-state index is 0.212. The molecule has 0 fully saturated rings.